The third kappa shape index (κ3) is 3.05. The lowest BCUT2D eigenvalue weighted by atomic mass is 9.95. The highest BCUT2D eigenvalue weighted by atomic mass is 79.9. The minimum atomic E-state index is -0.355. The van der Waals surface area contributed by atoms with Gasteiger partial charge in [0.2, 0.25) is 0 Å². The molecule has 2 unspecified atom stereocenters. The Bertz CT molecular complexity index is 298. The summed E-state index contributed by atoms with van der Waals surface area (Å²) in [4.78, 5) is 0. The number of thiophene rings is 1. The van der Waals surface area contributed by atoms with E-state index in [1.165, 1.54) is 0 Å². The Morgan fingerprint density at radius 1 is 1.50 bits per heavy atom. The molecule has 1 aromatic heterocycles. The summed E-state index contributed by atoms with van der Waals surface area (Å²) in [6.45, 7) is 4.23. The monoisotopic (exact) mass is 340 g/mol. The zero-order chi connectivity index (χ0) is 10.7. The second kappa shape index (κ2) is 5.64. The second-order valence-corrected chi connectivity index (χ2v) is 7.24. The van der Waals surface area contributed by atoms with Crippen LogP contribution in [0.15, 0.2) is 13.6 Å². The Morgan fingerprint density at radius 2 is 2.14 bits per heavy atom. The van der Waals surface area contributed by atoms with Crippen LogP contribution < -0.4 is 0 Å². The smallest absolute Gasteiger partial charge is 0.0835 e. The molecule has 0 amide bonds. The lowest BCUT2D eigenvalue weighted by Crippen LogP contribution is -2.08. The summed E-state index contributed by atoms with van der Waals surface area (Å²) in [6, 6.07) is 1.99. The van der Waals surface area contributed by atoms with Crippen molar-refractivity contribution < 1.29 is 5.11 Å². The van der Waals surface area contributed by atoms with E-state index in [-0.39, 0.29) is 6.10 Å². The van der Waals surface area contributed by atoms with E-state index in [0.29, 0.717) is 5.92 Å². The molecule has 0 aromatic carbocycles. The Balaban J connectivity index is 2.77. The molecule has 0 aliphatic heterocycles. The molecule has 0 bridgehead atoms. The van der Waals surface area contributed by atoms with Crippen LogP contribution >= 0.6 is 43.2 Å². The number of rotatable bonds is 4. The Kier molecular flexibility index (Phi) is 5.11. The molecule has 0 aliphatic carbocycles. The lowest BCUT2D eigenvalue weighted by molar-refractivity contribution is 0.112. The zero-order valence-electron chi connectivity index (χ0n) is 8.26. The van der Waals surface area contributed by atoms with Crippen molar-refractivity contribution in [2.75, 3.05) is 0 Å². The highest BCUT2D eigenvalue weighted by Crippen LogP contribution is 2.38. The van der Waals surface area contributed by atoms with Gasteiger partial charge in [0, 0.05) is 5.56 Å². The van der Waals surface area contributed by atoms with Crippen LogP contribution in [0, 0.1) is 5.92 Å². The first kappa shape index (κ1) is 12.7. The van der Waals surface area contributed by atoms with Gasteiger partial charge < -0.3 is 5.11 Å². The predicted octanol–water partition coefficient (Wildman–Crippen LogP) is 4.74. The molecule has 2 atom stereocenters. The highest BCUT2D eigenvalue weighted by Gasteiger charge is 2.19. The van der Waals surface area contributed by atoms with Crippen molar-refractivity contribution in [3.63, 3.8) is 0 Å². The van der Waals surface area contributed by atoms with Gasteiger partial charge in [-0.25, -0.2) is 0 Å². The fourth-order valence-electron chi connectivity index (χ4n) is 1.47. The molecule has 14 heavy (non-hydrogen) atoms. The normalized spacial score (nSPS) is 15.5. The standard InChI is InChI=1S/C10H14Br2OS/c1-3-4-6(2)9(13)7-5-8(11)14-10(7)12/h5-6,9,13H,3-4H2,1-2H3. The quantitative estimate of drug-likeness (QED) is 0.838. The average molecular weight is 342 g/mol. The lowest BCUT2D eigenvalue weighted by Gasteiger charge is -2.17. The number of hydrogen-bond acceptors (Lipinski definition) is 2. The fraction of sp³-hybridized carbons (Fsp3) is 0.600. The van der Waals surface area contributed by atoms with Gasteiger partial charge >= 0.3 is 0 Å². The van der Waals surface area contributed by atoms with Gasteiger partial charge in [0.25, 0.3) is 0 Å². The van der Waals surface area contributed by atoms with E-state index in [1.807, 2.05) is 6.07 Å². The summed E-state index contributed by atoms with van der Waals surface area (Å²) in [5, 5.41) is 10.1. The molecule has 1 aromatic rings. The van der Waals surface area contributed by atoms with Gasteiger partial charge in [-0.1, -0.05) is 20.3 Å². The molecule has 0 fully saturated rings. The first-order chi connectivity index (χ1) is 6.56. The van der Waals surface area contributed by atoms with Crippen LogP contribution in [0.25, 0.3) is 0 Å². The summed E-state index contributed by atoms with van der Waals surface area (Å²) < 4.78 is 2.09. The second-order valence-electron chi connectivity index (χ2n) is 3.49. The third-order valence-corrected chi connectivity index (χ3v) is 4.67. The molecule has 1 N–H and O–H groups in total. The summed E-state index contributed by atoms with van der Waals surface area (Å²) in [5.74, 6) is 0.317. The molecule has 0 spiro atoms. The molecular weight excluding hydrogens is 328 g/mol. The van der Waals surface area contributed by atoms with Crippen LogP contribution in [0.3, 0.4) is 0 Å². The van der Waals surface area contributed by atoms with Crippen LogP contribution in [-0.4, -0.2) is 5.11 Å². The van der Waals surface area contributed by atoms with E-state index in [1.54, 1.807) is 11.3 Å². The molecule has 80 valence electrons. The Hall–Kier alpha value is 0.620. The number of aliphatic hydroxyl groups excluding tert-OH is 1. The van der Waals surface area contributed by atoms with Gasteiger partial charge in [-0.05, 0) is 50.3 Å². The molecule has 0 saturated heterocycles. The van der Waals surface area contributed by atoms with Crippen molar-refractivity contribution in [1.82, 2.24) is 0 Å². The summed E-state index contributed by atoms with van der Waals surface area (Å²) in [5.41, 5.74) is 1.00. The number of halogens is 2. The molecule has 4 heteroatoms. The van der Waals surface area contributed by atoms with E-state index in [0.717, 1.165) is 26.0 Å². The number of hydrogen-bond donors (Lipinski definition) is 1. The zero-order valence-corrected chi connectivity index (χ0v) is 12.2. The molecule has 0 saturated carbocycles. The molecule has 1 heterocycles. The van der Waals surface area contributed by atoms with Gasteiger partial charge in [-0.3, -0.25) is 0 Å². The molecular formula is C10H14Br2OS. The van der Waals surface area contributed by atoms with Gasteiger partial charge in [0.1, 0.15) is 0 Å². The maximum absolute atomic E-state index is 10.1. The maximum Gasteiger partial charge on any atom is 0.0835 e. The van der Waals surface area contributed by atoms with Crippen molar-refractivity contribution in [3.05, 3.63) is 19.2 Å². The van der Waals surface area contributed by atoms with Crippen LogP contribution in [0.2, 0.25) is 0 Å². The molecule has 0 aliphatic rings. The summed E-state index contributed by atoms with van der Waals surface area (Å²) in [6.07, 6.45) is 1.81. The Morgan fingerprint density at radius 3 is 2.57 bits per heavy atom. The summed E-state index contributed by atoms with van der Waals surface area (Å²) >= 11 is 8.49. The van der Waals surface area contributed by atoms with Crippen LogP contribution in [0.1, 0.15) is 38.4 Å². The van der Waals surface area contributed by atoms with E-state index in [9.17, 15) is 5.11 Å². The fourth-order valence-corrected chi connectivity index (χ4v) is 4.39. The van der Waals surface area contributed by atoms with Crippen LogP contribution in [-0.2, 0) is 0 Å². The Labute approximate surface area is 106 Å². The van der Waals surface area contributed by atoms with Gasteiger partial charge in [-0.2, -0.15) is 0 Å². The van der Waals surface area contributed by atoms with E-state index in [4.69, 9.17) is 0 Å². The van der Waals surface area contributed by atoms with Crippen molar-refractivity contribution in [1.29, 1.82) is 0 Å². The van der Waals surface area contributed by atoms with Gasteiger partial charge in [0.05, 0.1) is 13.7 Å². The highest BCUT2D eigenvalue weighted by molar-refractivity contribution is 9.12. The maximum atomic E-state index is 10.1. The average Bonchev–Trinajstić information content (AvgIpc) is 2.44. The third-order valence-electron chi connectivity index (χ3n) is 2.28. The molecule has 0 radical (unpaired) electrons. The first-order valence-corrected chi connectivity index (χ1v) is 7.09. The molecule has 1 rings (SSSR count). The first-order valence-electron chi connectivity index (χ1n) is 4.69. The predicted molar refractivity (Wildman–Crippen MR) is 68.8 cm³/mol. The van der Waals surface area contributed by atoms with E-state index >= 15 is 0 Å². The molecule has 1 nitrogen and oxygen atoms in total. The van der Waals surface area contributed by atoms with E-state index in [2.05, 4.69) is 45.7 Å². The van der Waals surface area contributed by atoms with E-state index < -0.39 is 0 Å². The largest absolute Gasteiger partial charge is 0.388 e. The van der Waals surface area contributed by atoms with Gasteiger partial charge in [0.15, 0.2) is 0 Å². The number of aliphatic hydroxyl groups is 1. The van der Waals surface area contributed by atoms with Crippen LogP contribution in [0.4, 0.5) is 0 Å². The van der Waals surface area contributed by atoms with Gasteiger partial charge in [-0.15, -0.1) is 11.3 Å². The van der Waals surface area contributed by atoms with Crippen molar-refractivity contribution in [2.24, 2.45) is 5.92 Å². The van der Waals surface area contributed by atoms with Crippen LogP contribution in [0.5, 0.6) is 0 Å². The van der Waals surface area contributed by atoms with Crippen molar-refractivity contribution in [2.45, 2.75) is 32.8 Å². The van der Waals surface area contributed by atoms with Crippen molar-refractivity contribution in [3.8, 4) is 0 Å². The summed E-state index contributed by atoms with van der Waals surface area (Å²) in [7, 11) is 0. The minimum absolute atomic E-state index is 0.317. The SMILES string of the molecule is CCCC(C)C(O)c1cc(Br)sc1Br. The van der Waals surface area contributed by atoms with Crippen molar-refractivity contribution >= 4 is 43.2 Å². The minimum Gasteiger partial charge on any atom is -0.388 e. The topological polar surface area (TPSA) is 20.2 Å².